The van der Waals surface area contributed by atoms with Crippen LogP contribution in [-0.4, -0.2) is 6.71 Å². The number of ether oxygens (including phenoxy) is 1. The molecule has 286 valence electrons. The molecule has 0 aliphatic carbocycles. The van der Waals surface area contributed by atoms with Gasteiger partial charge in [0.15, 0.2) is 0 Å². The molecule has 0 bridgehead atoms. The van der Waals surface area contributed by atoms with Gasteiger partial charge in [0.25, 0.3) is 0 Å². The number of benzene rings is 10. The molecule has 0 aromatic heterocycles. The number of hydrogen-bond acceptors (Lipinski definition) is 2. The summed E-state index contributed by atoms with van der Waals surface area (Å²) < 4.78 is 50.7. The second kappa shape index (κ2) is 14.0. The summed E-state index contributed by atoms with van der Waals surface area (Å²) in [5, 5.41) is 8.82. The Labute approximate surface area is 359 Å². The van der Waals surface area contributed by atoms with Crippen LogP contribution in [0, 0.1) is 34.6 Å². The van der Waals surface area contributed by atoms with Crippen LogP contribution >= 0.6 is 0 Å². The molecule has 0 fully saturated rings. The molecular formula is C57H44BNO. The van der Waals surface area contributed by atoms with Crippen LogP contribution < -0.4 is 26.0 Å². The minimum Gasteiger partial charge on any atom is -0.456 e. The Kier molecular flexibility index (Phi) is 7.23. The summed E-state index contributed by atoms with van der Waals surface area (Å²) in [4.78, 5) is 1.76. The number of rotatable bonds is 6. The van der Waals surface area contributed by atoms with Crippen LogP contribution in [0.5, 0.6) is 11.5 Å². The number of fused-ring (bicyclic) bond motifs is 7. The van der Waals surface area contributed by atoms with Crippen LogP contribution in [0.25, 0.3) is 54.2 Å². The molecular weight excluding hydrogens is 725 g/mol. The molecule has 11 rings (SSSR count). The summed E-state index contributed by atoms with van der Waals surface area (Å²) in [5.41, 5.74) is 13.6. The first-order valence-corrected chi connectivity index (χ1v) is 20.6. The van der Waals surface area contributed by atoms with Gasteiger partial charge in [-0.1, -0.05) is 165 Å². The standard InChI is InChI=1S/C57H44BNO/c1-35-29-38(4)57(39(5)30-35)58(56-36(2)15-13-16-37(56)3)52-34-50-48-23-14-24-53-55(48)51(33-49(50)45-21-11-12-22-46(45)52)47-28-27-44(32-54(47)60-53)59(42-19-7-6-8-20-42)43-26-25-40-17-9-10-18-41(40)31-43/h6-34H,1-5H3/i6D,7D,8D,19D,20D. The Bertz CT molecular complexity index is 3600. The van der Waals surface area contributed by atoms with Crippen LogP contribution in [0.2, 0.25) is 0 Å². The van der Waals surface area contributed by atoms with E-state index in [4.69, 9.17) is 11.6 Å². The van der Waals surface area contributed by atoms with E-state index < -0.39 is 18.1 Å². The van der Waals surface area contributed by atoms with Gasteiger partial charge in [0.05, 0.1) is 6.85 Å². The second-order valence-electron chi connectivity index (χ2n) is 16.4. The van der Waals surface area contributed by atoms with Gasteiger partial charge in [0.2, 0.25) is 6.71 Å². The number of aryl methyl sites for hydroxylation is 5. The molecule has 0 saturated carbocycles. The fraction of sp³-hybridized carbons (Fsp3) is 0.0877. The minimum absolute atomic E-state index is 0.0130. The van der Waals surface area contributed by atoms with Gasteiger partial charge in [0, 0.05) is 34.1 Å². The van der Waals surface area contributed by atoms with Crippen molar-refractivity contribution in [2.75, 3.05) is 4.90 Å². The highest BCUT2D eigenvalue weighted by Gasteiger charge is 2.31. The van der Waals surface area contributed by atoms with Crippen molar-refractivity contribution >= 4 is 83.3 Å². The van der Waals surface area contributed by atoms with Crippen LogP contribution in [0.15, 0.2) is 176 Å². The van der Waals surface area contributed by atoms with Crippen LogP contribution in [0.3, 0.4) is 0 Å². The minimum atomic E-state index is -0.436. The van der Waals surface area contributed by atoms with Crippen molar-refractivity contribution in [3.05, 3.63) is 204 Å². The van der Waals surface area contributed by atoms with Crippen molar-refractivity contribution in [3.63, 3.8) is 0 Å². The fourth-order valence-corrected chi connectivity index (χ4v) is 10.1. The molecule has 0 amide bonds. The zero-order valence-electron chi connectivity index (χ0n) is 39.3. The average molecular weight is 775 g/mol. The quantitative estimate of drug-likeness (QED) is 0.123. The van der Waals surface area contributed by atoms with E-state index in [0.29, 0.717) is 17.1 Å². The van der Waals surface area contributed by atoms with E-state index in [-0.39, 0.29) is 24.5 Å². The molecule has 2 nitrogen and oxygen atoms in total. The lowest BCUT2D eigenvalue weighted by Gasteiger charge is -2.29. The van der Waals surface area contributed by atoms with Crippen molar-refractivity contribution < 1.29 is 11.6 Å². The maximum atomic E-state index is 9.08. The van der Waals surface area contributed by atoms with Crippen LogP contribution in [0.1, 0.15) is 34.7 Å². The van der Waals surface area contributed by atoms with Gasteiger partial charge in [-0.05, 0) is 126 Å². The molecule has 60 heavy (non-hydrogen) atoms. The van der Waals surface area contributed by atoms with Crippen LogP contribution in [0.4, 0.5) is 17.1 Å². The topological polar surface area (TPSA) is 12.5 Å². The molecule has 0 radical (unpaired) electrons. The van der Waals surface area contributed by atoms with Crippen molar-refractivity contribution in [3.8, 4) is 22.6 Å². The summed E-state index contributed by atoms with van der Waals surface area (Å²) in [7, 11) is 0. The Balaban J connectivity index is 1.15. The van der Waals surface area contributed by atoms with Crippen LogP contribution in [-0.2, 0) is 0 Å². The van der Waals surface area contributed by atoms with E-state index in [9.17, 15) is 0 Å². The third kappa shape index (κ3) is 5.72. The first-order chi connectivity index (χ1) is 31.4. The molecule has 1 aliphatic rings. The lowest BCUT2D eigenvalue weighted by molar-refractivity contribution is 0.487. The summed E-state index contributed by atoms with van der Waals surface area (Å²) >= 11 is 0. The molecule has 3 heteroatoms. The molecule has 0 N–H and O–H groups in total. The monoisotopic (exact) mass is 774 g/mol. The molecule has 10 aromatic carbocycles. The van der Waals surface area contributed by atoms with Gasteiger partial charge in [-0.25, -0.2) is 0 Å². The lowest BCUT2D eigenvalue weighted by Crippen LogP contribution is -2.56. The molecule has 10 aromatic rings. The predicted octanol–water partition coefficient (Wildman–Crippen LogP) is 13.6. The third-order valence-electron chi connectivity index (χ3n) is 12.6. The summed E-state index contributed by atoms with van der Waals surface area (Å²) in [6.07, 6.45) is 0. The van der Waals surface area contributed by atoms with Gasteiger partial charge >= 0.3 is 0 Å². The van der Waals surface area contributed by atoms with Gasteiger partial charge < -0.3 is 9.64 Å². The predicted molar refractivity (Wildman–Crippen MR) is 258 cm³/mol. The maximum absolute atomic E-state index is 9.08. The lowest BCUT2D eigenvalue weighted by atomic mass is 9.33. The highest BCUT2D eigenvalue weighted by Crippen LogP contribution is 2.51. The SMILES string of the molecule is [2H]c1c([2H])c([2H])c(N(c2ccc3c(c2)Oc2cccc4c2c-3cc2c3ccccc3c(B(c3c(C)cccc3C)c3c(C)cc(C)cc3C)cc42)c2ccc3ccccc3c2)c([2H])c1[2H]. The highest BCUT2D eigenvalue weighted by molar-refractivity contribution is 6.98. The normalized spacial score (nSPS) is 13.1. The first kappa shape index (κ1) is 30.9. The van der Waals surface area contributed by atoms with Gasteiger partial charge in [-0.15, -0.1) is 0 Å². The van der Waals surface area contributed by atoms with Gasteiger partial charge in [-0.3, -0.25) is 0 Å². The van der Waals surface area contributed by atoms with E-state index >= 15 is 0 Å². The third-order valence-corrected chi connectivity index (χ3v) is 12.6. The summed E-state index contributed by atoms with van der Waals surface area (Å²) in [6, 6.07) is 49.2. The zero-order chi connectivity index (χ0) is 45.0. The van der Waals surface area contributed by atoms with E-state index in [0.717, 1.165) is 49.2 Å². The van der Waals surface area contributed by atoms with Crippen molar-refractivity contribution in [1.29, 1.82) is 0 Å². The van der Waals surface area contributed by atoms with Gasteiger partial charge in [0.1, 0.15) is 11.5 Å². The molecule has 0 spiro atoms. The second-order valence-corrected chi connectivity index (χ2v) is 16.4. The van der Waals surface area contributed by atoms with E-state index in [1.807, 2.05) is 66.7 Å². The Morgan fingerprint density at radius 3 is 1.87 bits per heavy atom. The molecule has 0 saturated heterocycles. The van der Waals surface area contributed by atoms with Crippen molar-refractivity contribution in [1.82, 2.24) is 0 Å². The smallest absolute Gasteiger partial charge is 0.243 e. The van der Waals surface area contributed by atoms with E-state index in [2.05, 4.69) is 113 Å². The number of hydrogen-bond donors (Lipinski definition) is 0. The fourth-order valence-electron chi connectivity index (χ4n) is 10.1. The zero-order valence-corrected chi connectivity index (χ0v) is 34.3. The molecule has 1 aliphatic heterocycles. The molecule has 0 unspecified atom stereocenters. The van der Waals surface area contributed by atoms with Crippen molar-refractivity contribution in [2.45, 2.75) is 34.6 Å². The Morgan fingerprint density at radius 1 is 0.450 bits per heavy atom. The first-order valence-electron chi connectivity index (χ1n) is 23.1. The van der Waals surface area contributed by atoms with Crippen molar-refractivity contribution in [2.24, 2.45) is 0 Å². The summed E-state index contributed by atoms with van der Waals surface area (Å²) in [6.45, 7) is 11.2. The Hall–Kier alpha value is -7.10. The van der Waals surface area contributed by atoms with Gasteiger partial charge in [-0.2, -0.15) is 0 Å². The number of nitrogens with zero attached hydrogens (tertiary/aromatic N) is 1. The van der Waals surface area contributed by atoms with E-state index in [1.54, 1.807) is 4.90 Å². The molecule has 0 atom stereocenters. The largest absolute Gasteiger partial charge is 0.456 e. The van der Waals surface area contributed by atoms with E-state index in [1.165, 1.54) is 55.0 Å². The number of para-hydroxylation sites is 1. The summed E-state index contributed by atoms with van der Waals surface area (Å²) in [5.74, 6) is 1.34. The highest BCUT2D eigenvalue weighted by atomic mass is 16.5. The molecule has 1 heterocycles. The maximum Gasteiger partial charge on any atom is 0.243 e. The Morgan fingerprint density at radius 2 is 1.08 bits per heavy atom. The average Bonchev–Trinajstić information content (AvgIpc) is 3.30. The number of anilines is 3.